The third-order valence-corrected chi connectivity index (χ3v) is 8.06. The molecule has 0 bridgehead atoms. The van der Waals surface area contributed by atoms with Crippen molar-refractivity contribution in [1.82, 2.24) is 9.21 Å². The quantitative estimate of drug-likeness (QED) is 0.808. The lowest BCUT2D eigenvalue weighted by molar-refractivity contribution is 0.117. The minimum Gasteiger partial charge on any atom is -0.297 e. The number of hydrogen-bond donors (Lipinski definition) is 0. The number of sulfonamides is 1. The van der Waals surface area contributed by atoms with Crippen molar-refractivity contribution in [2.45, 2.75) is 36.1 Å². The second-order valence-electron chi connectivity index (χ2n) is 5.27. The number of fused-ring (bicyclic) bond motifs is 1. The van der Waals surface area contributed by atoms with Crippen molar-refractivity contribution in [1.29, 1.82) is 0 Å². The molecule has 0 aliphatic carbocycles. The van der Waals surface area contributed by atoms with Crippen LogP contribution in [0.4, 0.5) is 0 Å². The highest BCUT2D eigenvalue weighted by Gasteiger charge is 2.40. The Hall–Kier alpha value is 0.0500. The van der Waals surface area contributed by atoms with E-state index in [9.17, 15) is 8.42 Å². The fourth-order valence-corrected chi connectivity index (χ4v) is 6.85. The van der Waals surface area contributed by atoms with Crippen LogP contribution in [-0.2, 0) is 10.0 Å². The predicted octanol–water partition coefficient (Wildman–Crippen LogP) is 2.37. The zero-order valence-electron chi connectivity index (χ0n) is 10.8. The van der Waals surface area contributed by atoms with Crippen LogP contribution in [0.5, 0.6) is 0 Å². The molecule has 106 valence electrons. The summed E-state index contributed by atoms with van der Waals surface area (Å²) in [6.07, 6.45) is 2.31. The first kappa shape index (κ1) is 14.0. The van der Waals surface area contributed by atoms with E-state index < -0.39 is 10.0 Å². The lowest BCUT2D eigenvalue weighted by atomic mass is 10.1. The topological polar surface area (TPSA) is 40.6 Å². The van der Waals surface area contributed by atoms with E-state index >= 15 is 0 Å². The molecule has 2 fully saturated rings. The summed E-state index contributed by atoms with van der Waals surface area (Å²) in [4.78, 5) is 2.43. The van der Waals surface area contributed by atoms with Crippen LogP contribution in [0.2, 0.25) is 0 Å². The van der Waals surface area contributed by atoms with Gasteiger partial charge in [0.15, 0.2) is 0 Å². The fourth-order valence-electron chi connectivity index (χ4n) is 3.05. The summed E-state index contributed by atoms with van der Waals surface area (Å²) in [7, 11) is -3.33. The highest BCUT2D eigenvalue weighted by molar-refractivity contribution is 9.11. The molecule has 0 spiro atoms. The number of halogens is 1. The number of rotatable bonds is 2. The minimum absolute atomic E-state index is 0.0558. The van der Waals surface area contributed by atoms with E-state index in [-0.39, 0.29) is 6.04 Å². The van der Waals surface area contributed by atoms with Crippen LogP contribution in [0, 0.1) is 0 Å². The van der Waals surface area contributed by atoms with Gasteiger partial charge in [-0.15, -0.1) is 11.3 Å². The molecule has 1 aromatic heterocycles. The summed E-state index contributed by atoms with van der Waals surface area (Å²) >= 11 is 4.63. The van der Waals surface area contributed by atoms with Gasteiger partial charge >= 0.3 is 0 Å². The standard InChI is InChI=1S/C12H17BrN2O2S2/c1-9-7-14-6-2-3-10(14)8-15(9)19(16,17)12-5-4-11(13)18-12/h4-5,9-10H,2-3,6-8H2,1H3. The normalized spacial score (nSPS) is 29.6. The molecule has 2 aliphatic rings. The first-order valence-corrected chi connectivity index (χ1v) is 9.54. The van der Waals surface area contributed by atoms with E-state index in [1.807, 2.05) is 6.92 Å². The van der Waals surface area contributed by atoms with E-state index in [4.69, 9.17) is 0 Å². The van der Waals surface area contributed by atoms with Crippen molar-refractivity contribution >= 4 is 37.3 Å². The zero-order valence-corrected chi connectivity index (χ0v) is 14.0. The van der Waals surface area contributed by atoms with Gasteiger partial charge in [-0.2, -0.15) is 4.31 Å². The maximum atomic E-state index is 12.7. The molecule has 0 amide bonds. The molecule has 19 heavy (non-hydrogen) atoms. The van der Waals surface area contributed by atoms with Gasteiger partial charge in [0.25, 0.3) is 10.0 Å². The van der Waals surface area contributed by atoms with Crippen molar-refractivity contribution < 1.29 is 8.42 Å². The molecule has 0 radical (unpaired) electrons. The highest BCUT2D eigenvalue weighted by atomic mass is 79.9. The average Bonchev–Trinajstić information content (AvgIpc) is 2.96. The van der Waals surface area contributed by atoms with Crippen molar-refractivity contribution in [2.75, 3.05) is 19.6 Å². The summed E-state index contributed by atoms with van der Waals surface area (Å²) in [5.41, 5.74) is 0. The van der Waals surface area contributed by atoms with Gasteiger partial charge in [-0.3, -0.25) is 4.90 Å². The van der Waals surface area contributed by atoms with E-state index in [0.717, 1.165) is 23.3 Å². The van der Waals surface area contributed by atoms with Gasteiger partial charge in [0.05, 0.1) is 3.79 Å². The summed E-state index contributed by atoms with van der Waals surface area (Å²) in [5.74, 6) is 0. The monoisotopic (exact) mass is 364 g/mol. The maximum absolute atomic E-state index is 12.7. The van der Waals surface area contributed by atoms with E-state index in [0.29, 0.717) is 16.8 Å². The first-order chi connectivity index (χ1) is 8.98. The number of hydrogen-bond acceptors (Lipinski definition) is 4. The van der Waals surface area contributed by atoms with Gasteiger partial charge in [-0.05, 0) is 54.4 Å². The van der Waals surface area contributed by atoms with Gasteiger partial charge in [0.2, 0.25) is 0 Å². The lowest BCUT2D eigenvalue weighted by Crippen LogP contribution is -2.56. The number of thiophene rings is 1. The fraction of sp³-hybridized carbons (Fsp3) is 0.667. The Morgan fingerprint density at radius 2 is 2.16 bits per heavy atom. The van der Waals surface area contributed by atoms with Gasteiger partial charge in [0, 0.05) is 25.2 Å². The van der Waals surface area contributed by atoms with Crippen LogP contribution in [0.15, 0.2) is 20.1 Å². The van der Waals surface area contributed by atoms with Gasteiger partial charge in [0.1, 0.15) is 4.21 Å². The molecule has 7 heteroatoms. The van der Waals surface area contributed by atoms with Crippen LogP contribution in [0.1, 0.15) is 19.8 Å². The van der Waals surface area contributed by atoms with Gasteiger partial charge < -0.3 is 0 Å². The van der Waals surface area contributed by atoms with Crippen molar-refractivity contribution in [2.24, 2.45) is 0 Å². The lowest BCUT2D eigenvalue weighted by Gasteiger charge is -2.41. The highest BCUT2D eigenvalue weighted by Crippen LogP contribution is 2.33. The summed E-state index contributed by atoms with van der Waals surface area (Å²) in [6.45, 7) is 4.62. The van der Waals surface area contributed by atoms with Crippen LogP contribution < -0.4 is 0 Å². The summed E-state index contributed by atoms with van der Waals surface area (Å²) in [6, 6.07) is 3.96. The molecule has 2 saturated heterocycles. The molecule has 2 atom stereocenters. The zero-order chi connectivity index (χ0) is 13.6. The Morgan fingerprint density at radius 3 is 2.84 bits per heavy atom. The Morgan fingerprint density at radius 1 is 1.37 bits per heavy atom. The van der Waals surface area contributed by atoms with E-state index in [1.165, 1.54) is 17.8 Å². The Labute approximate surface area is 126 Å². The first-order valence-electron chi connectivity index (χ1n) is 6.50. The largest absolute Gasteiger partial charge is 0.297 e. The van der Waals surface area contributed by atoms with Crippen LogP contribution in [0.3, 0.4) is 0 Å². The number of nitrogens with zero attached hydrogens (tertiary/aromatic N) is 2. The smallest absolute Gasteiger partial charge is 0.252 e. The maximum Gasteiger partial charge on any atom is 0.252 e. The van der Waals surface area contributed by atoms with E-state index in [1.54, 1.807) is 16.4 Å². The Balaban J connectivity index is 1.88. The van der Waals surface area contributed by atoms with Gasteiger partial charge in [-0.1, -0.05) is 0 Å². The van der Waals surface area contributed by atoms with Crippen molar-refractivity contribution in [3.05, 3.63) is 15.9 Å². The second kappa shape index (κ2) is 5.11. The third-order valence-electron chi connectivity index (χ3n) is 3.99. The minimum atomic E-state index is -3.33. The molecule has 2 unspecified atom stereocenters. The molecule has 4 nitrogen and oxygen atoms in total. The third kappa shape index (κ3) is 2.51. The predicted molar refractivity (Wildman–Crippen MR) is 80.0 cm³/mol. The molecule has 2 aliphatic heterocycles. The molecule has 1 aromatic rings. The van der Waals surface area contributed by atoms with E-state index in [2.05, 4.69) is 20.8 Å². The Bertz CT molecular complexity index is 572. The molecule has 3 rings (SSSR count). The Kier molecular flexibility index (Phi) is 3.77. The average molecular weight is 365 g/mol. The molecule has 0 N–H and O–H groups in total. The van der Waals surface area contributed by atoms with Crippen LogP contribution >= 0.6 is 27.3 Å². The number of piperazine rings is 1. The molecule has 3 heterocycles. The summed E-state index contributed by atoms with van der Waals surface area (Å²) < 4.78 is 28.4. The second-order valence-corrected chi connectivity index (χ2v) is 9.85. The molecule has 0 saturated carbocycles. The van der Waals surface area contributed by atoms with Crippen molar-refractivity contribution in [3.8, 4) is 0 Å². The SMILES string of the molecule is CC1CN2CCCC2CN1S(=O)(=O)c1ccc(Br)s1. The van der Waals surface area contributed by atoms with Crippen LogP contribution in [0.25, 0.3) is 0 Å². The summed E-state index contributed by atoms with van der Waals surface area (Å²) in [5, 5.41) is 0. The molecular formula is C12H17BrN2O2S2. The molecular weight excluding hydrogens is 348 g/mol. The molecule has 0 aromatic carbocycles. The van der Waals surface area contributed by atoms with Crippen LogP contribution in [-0.4, -0.2) is 49.3 Å². The van der Waals surface area contributed by atoms with Crippen molar-refractivity contribution in [3.63, 3.8) is 0 Å². The van der Waals surface area contributed by atoms with Gasteiger partial charge in [-0.25, -0.2) is 8.42 Å².